The summed E-state index contributed by atoms with van der Waals surface area (Å²) >= 11 is 0. The van der Waals surface area contributed by atoms with E-state index >= 15 is 0 Å². The fourth-order valence-corrected chi connectivity index (χ4v) is 2.14. The third kappa shape index (κ3) is 2.26. The van der Waals surface area contributed by atoms with E-state index in [1.165, 1.54) is 5.56 Å². The van der Waals surface area contributed by atoms with Gasteiger partial charge in [0.2, 0.25) is 0 Å². The van der Waals surface area contributed by atoms with Gasteiger partial charge in [-0.3, -0.25) is 0 Å². The minimum Gasteiger partial charge on any atom is -0.496 e. The van der Waals surface area contributed by atoms with Gasteiger partial charge >= 0.3 is 0 Å². The van der Waals surface area contributed by atoms with E-state index < -0.39 is 0 Å². The smallest absolute Gasteiger partial charge is 0.128 e. The van der Waals surface area contributed by atoms with Crippen LogP contribution in [0.15, 0.2) is 18.2 Å². The molecule has 0 atom stereocenters. The van der Waals surface area contributed by atoms with Gasteiger partial charge in [0.1, 0.15) is 11.6 Å². The van der Waals surface area contributed by atoms with Crippen molar-refractivity contribution in [3.05, 3.63) is 35.3 Å². The number of nitrogens with zero attached hydrogens (tertiary/aromatic N) is 1. The molecule has 2 rings (SSSR count). The Kier molecular flexibility index (Phi) is 3.41. The standard InChI is InChI=1S/C15H20N2O/c1-9(2)12-6-7-14(18-5)13(8-12)15-10(3)16-11(4)17-15/h6-9H,1-5H3,(H,16,17). The molecule has 0 fully saturated rings. The lowest BCUT2D eigenvalue weighted by Gasteiger charge is -2.12. The highest BCUT2D eigenvalue weighted by atomic mass is 16.5. The van der Waals surface area contributed by atoms with Gasteiger partial charge in [-0.05, 0) is 37.5 Å². The zero-order valence-electron chi connectivity index (χ0n) is 11.7. The number of aryl methyl sites for hydroxylation is 2. The third-order valence-corrected chi connectivity index (χ3v) is 3.15. The van der Waals surface area contributed by atoms with Gasteiger partial charge in [-0.25, -0.2) is 4.98 Å². The number of hydrogen-bond donors (Lipinski definition) is 1. The predicted molar refractivity (Wildman–Crippen MR) is 74.1 cm³/mol. The van der Waals surface area contributed by atoms with E-state index in [4.69, 9.17) is 4.74 Å². The molecule has 96 valence electrons. The van der Waals surface area contributed by atoms with Crippen LogP contribution in [-0.4, -0.2) is 17.1 Å². The average molecular weight is 244 g/mol. The fourth-order valence-electron chi connectivity index (χ4n) is 2.14. The van der Waals surface area contributed by atoms with Gasteiger partial charge in [0.15, 0.2) is 0 Å². The summed E-state index contributed by atoms with van der Waals surface area (Å²) in [6, 6.07) is 6.31. The van der Waals surface area contributed by atoms with Crippen molar-refractivity contribution in [3.8, 4) is 17.0 Å². The lowest BCUT2D eigenvalue weighted by molar-refractivity contribution is 0.416. The highest BCUT2D eigenvalue weighted by molar-refractivity contribution is 5.70. The summed E-state index contributed by atoms with van der Waals surface area (Å²) in [5, 5.41) is 0. The minimum atomic E-state index is 0.495. The monoisotopic (exact) mass is 244 g/mol. The molecule has 0 radical (unpaired) electrons. The van der Waals surface area contributed by atoms with Crippen LogP contribution in [0.4, 0.5) is 0 Å². The van der Waals surface area contributed by atoms with Crippen molar-refractivity contribution in [3.63, 3.8) is 0 Å². The molecule has 1 aromatic carbocycles. The molecule has 0 bridgehead atoms. The molecule has 0 saturated heterocycles. The number of imidazole rings is 1. The zero-order valence-corrected chi connectivity index (χ0v) is 11.7. The molecule has 1 N–H and O–H groups in total. The topological polar surface area (TPSA) is 37.9 Å². The number of aromatic amines is 1. The number of hydrogen-bond acceptors (Lipinski definition) is 2. The minimum absolute atomic E-state index is 0.495. The van der Waals surface area contributed by atoms with Crippen molar-refractivity contribution in [2.45, 2.75) is 33.6 Å². The summed E-state index contributed by atoms with van der Waals surface area (Å²) in [5.74, 6) is 2.29. The first-order valence-corrected chi connectivity index (χ1v) is 6.24. The van der Waals surface area contributed by atoms with Gasteiger partial charge in [-0.2, -0.15) is 0 Å². The van der Waals surface area contributed by atoms with E-state index in [-0.39, 0.29) is 0 Å². The summed E-state index contributed by atoms with van der Waals surface area (Å²) < 4.78 is 5.44. The number of nitrogens with one attached hydrogen (secondary N) is 1. The molecule has 3 nitrogen and oxygen atoms in total. The number of methoxy groups -OCH3 is 1. The molecule has 0 spiro atoms. The number of rotatable bonds is 3. The first-order valence-electron chi connectivity index (χ1n) is 6.24. The van der Waals surface area contributed by atoms with Gasteiger partial charge < -0.3 is 9.72 Å². The van der Waals surface area contributed by atoms with Crippen LogP contribution in [0.1, 0.15) is 36.8 Å². The summed E-state index contributed by atoms with van der Waals surface area (Å²) in [4.78, 5) is 7.79. The van der Waals surface area contributed by atoms with Crippen molar-refractivity contribution in [2.75, 3.05) is 7.11 Å². The van der Waals surface area contributed by atoms with Crippen LogP contribution in [0.25, 0.3) is 11.3 Å². The molecule has 0 amide bonds. The molecule has 0 unspecified atom stereocenters. The maximum absolute atomic E-state index is 5.44. The summed E-state index contributed by atoms with van der Waals surface area (Å²) in [6.07, 6.45) is 0. The summed E-state index contributed by atoms with van der Waals surface area (Å²) in [7, 11) is 1.70. The lowest BCUT2D eigenvalue weighted by Crippen LogP contribution is -1.94. The lowest BCUT2D eigenvalue weighted by atomic mass is 9.98. The molecule has 1 aromatic heterocycles. The Labute approximate surface area is 108 Å². The van der Waals surface area contributed by atoms with E-state index in [2.05, 4.69) is 35.9 Å². The van der Waals surface area contributed by atoms with Crippen molar-refractivity contribution < 1.29 is 4.74 Å². The van der Waals surface area contributed by atoms with Crippen LogP contribution in [0.5, 0.6) is 5.75 Å². The Hall–Kier alpha value is -1.77. The van der Waals surface area contributed by atoms with E-state index in [1.807, 2.05) is 19.9 Å². The van der Waals surface area contributed by atoms with Crippen LogP contribution >= 0.6 is 0 Å². The highest BCUT2D eigenvalue weighted by Crippen LogP contribution is 2.33. The van der Waals surface area contributed by atoms with Gasteiger partial charge in [-0.1, -0.05) is 19.9 Å². The molecule has 0 aliphatic rings. The van der Waals surface area contributed by atoms with Crippen LogP contribution in [-0.2, 0) is 0 Å². The van der Waals surface area contributed by atoms with E-state index in [9.17, 15) is 0 Å². The largest absolute Gasteiger partial charge is 0.496 e. The number of aromatic nitrogens is 2. The van der Waals surface area contributed by atoms with E-state index in [0.29, 0.717) is 5.92 Å². The van der Waals surface area contributed by atoms with Gasteiger partial charge in [0.05, 0.1) is 12.8 Å². The highest BCUT2D eigenvalue weighted by Gasteiger charge is 2.14. The summed E-state index contributed by atoms with van der Waals surface area (Å²) in [6.45, 7) is 8.38. The summed E-state index contributed by atoms with van der Waals surface area (Å²) in [5.41, 5.74) is 4.41. The van der Waals surface area contributed by atoms with Crippen molar-refractivity contribution >= 4 is 0 Å². The van der Waals surface area contributed by atoms with Crippen LogP contribution in [0.2, 0.25) is 0 Å². The van der Waals surface area contributed by atoms with Crippen molar-refractivity contribution in [1.29, 1.82) is 0 Å². The Morgan fingerprint density at radius 3 is 2.44 bits per heavy atom. The molecule has 0 aliphatic heterocycles. The second-order valence-corrected chi connectivity index (χ2v) is 4.91. The number of benzene rings is 1. The Balaban J connectivity index is 2.60. The number of ether oxygens (including phenoxy) is 1. The van der Waals surface area contributed by atoms with Crippen molar-refractivity contribution in [1.82, 2.24) is 9.97 Å². The van der Waals surface area contributed by atoms with Crippen LogP contribution in [0.3, 0.4) is 0 Å². The quantitative estimate of drug-likeness (QED) is 0.891. The SMILES string of the molecule is COc1ccc(C(C)C)cc1-c1nc(C)[nH]c1C. The molecule has 3 heteroatoms. The average Bonchev–Trinajstić information content (AvgIpc) is 2.67. The Morgan fingerprint density at radius 1 is 1.22 bits per heavy atom. The first-order chi connectivity index (χ1) is 8.52. The second-order valence-electron chi connectivity index (χ2n) is 4.91. The normalized spacial score (nSPS) is 11.0. The van der Waals surface area contributed by atoms with E-state index in [0.717, 1.165) is 28.5 Å². The van der Waals surface area contributed by atoms with Gasteiger partial charge in [0.25, 0.3) is 0 Å². The van der Waals surface area contributed by atoms with Gasteiger partial charge in [-0.15, -0.1) is 0 Å². The molecule has 18 heavy (non-hydrogen) atoms. The second kappa shape index (κ2) is 4.84. The molecular weight excluding hydrogens is 224 g/mol. The zero-order chi connectivity index (χ0) is 13.3. The maximum Gasteiger partial charge on any atom is 0.128 e. The van der Waals surface area contributed by atoms with Gasteiger partial charge in [0, 0.05) is 11.3 Å². The van der Waals surface area contributed by atoms with E-state index in [1.54, 1.807) is 7.11 Å². The maximum atomic E-state index is 5.44. The fraction of sp³-hybridized carbons (Fsp3) is 0.400. The predicted octanol–water partition coefficient (Wildman–Crippen LogP) is 3.83. The van der Waals surface area contributed by atoms with Crippen molar-refractivity contribution in [2.24, 2.45) is 0 Å². The first kappa shape index (κ1) is 12.7. The van der Waals surface area contributed by atoms with Crippen LogP contribution in [0, 0.1) is 13.8 Å². The Bertz CT molecular complexity index is 556. The molecule has 0 saturated carbocycles. The number of H-pyrrole nitrogens is 1. The molecule has 1 heterocycles. The molecule has 2 aromatic rings. The van der Waals surface area contributed by atoms with Crippen LogP contribution < -0.4 is 4.74 Å². The molecular formula is C15H20N2O. The Morgan fingerprint density at radius 2 is 1.94 bits per heavy atom. The third-order valence-electron chi connectivity index (χ3n) is 3.15. The molecule has 0 aliphatic carbocycles.